The number of anilines is 2. The van der Waals surface area contributed by atoms with E-state index >= 15 is 0 Å². The molecule has 20 heavy (non-hydrogen) atoms. The Kier molecular flexibility index (Phi) is 3.37. The van der Waals surface area contributed by atoms with E-state index in [1.54, 1.807) is 30.7 Å². The van der Waals surface area contributed by atoms with Gasteiger partial charge in [0.1, 0.15) is 9.71 Å². The van der Waals surface area contributed by atoms with Gasteiger partial charge in [-0.05, 0) is 34.1 Å². The summed E-state index contributed by atoms with van der Waals surface area (Å²) >= 11 is 4.62. The van der Waals surface area contributed by atoms with Crippen LogP contribution in [0.3, 0.4) is 0 Å². The lowest BCUT2D eigenvalue weighted by Crippen LogP contribution is -2.11. The number of nitrogens with two attached hydrogens (primary N) is 1. The van der Waals surface area contributed by atoms with E-state index in [4.69, 9.17) is 5.73 Å². The molecule has 5 nitrogen and oxygen atoms in total. The molecule has 1 amide bonds. The van der Waals surface area contributed by atoms with Crippen LogP contribution in [0.2, 0.25) is 0 Å². The second kappa shape index (κ2) is 5.18. The van der Waals surface area contributed by atoms with Gasteiger partial charge in [-0.1, -0.05) is 0 Å². The van der Waals surface area contributed by atoms with E-state index in [0.29, 0.717) is 16.3 Å². The largest absolute Gasteiger partial charge is 0.397 e. The average Bonchev–Trinajstić information content (AvgIpc) is 2.77. The molecule has 100 valence electrons. The highest BCUT2D eigenvalue weighted by Gasteiger charge is 2.17. The van der Waals surface area contributed by atoms with Crippen LogP contribution in [0.4, 0.5) is 11.4 Å². The van der Waals surface area contributed by atoms with Gasteiger partial charge in [-0.2, -0.15) is 0 Å². The van der Waals surface area contributed by atoms with Gasteiger partial charge in [-0.15, -0.1) is 11.3 Å². The van der Waals surface area contributed by atoms with Gasteiger partial charge in [-0.3, -0.25) is 9.78 Å². The zero-order chi connectivity index (χ0) is 14.1. The van der Waals surface area contributed by atoms with E-state index in [9.17, 15) is 4.79 Å². The summed E-state index contributed by atoms with van der Waals surface area (Å²) in [6, 6.07) is 5.30. The maximum absolute atomic E-state index is 12.2. The summed E-state index contributed by atoms with van der Waals surface area (Å²) < 4.78 is 0.829. The van der Waals surface area contributed by atoms with Crippen molar-refractivity contribution >= 4 is 54.8 Å². The Hall–Kier alpha value is -1.99. The Morgan fingerprint density at radius 3 is 2.85 bits per heavy atom. The second-order valence-electron chi connectivity index (χ2n) is 4.04. The van der Waals surface area contributed by atoms with Crippen LogP contribution in [0, 0.1) is 0 Å². The van der Waals surface area contributed by atoms with Crippen molar-refractivity contribution in [3.8, 4) is 0 Å². The Morgan fingerprint density at radius 2 is 2.10 bits per heavy atom. The third-order valence-electron chi connectivity index (χ3n) is 2.70. The molecule has 3 rings (SSSR count). The predicted molar refractivity (Wildman–Crippen MR) is 83.9 cm³/mol. The van der Waals surface area contributed by atoms with Crippen molar-refractivity contribution in [1.82, 2.24) is 9.97 Å². The van der Waals surface area contributed by atoms with Crippen LogP contribution in [0.25, 0.3) is 10.2 Å². The number of fused-ring (bicyclic) bond motifs is 1. The Morgan fingerprint density at radius 1 is 1.35 bits per heavy atom. The van der Waals surface area contributed by atoms with Crippen molar-refractivity contribution in [2.24, 2.45) is 0 Å². The molecule has 3 aromatic rings. The highest BCUT2D eigenvalue weighted by atomic mass is 79.9. The van der Waals surface area contributed by atoms with Crippen molar-refractivity contribution in [2.75, 3.05) is 11.1 Å². The molecule has 3 heterocycles. The first-order chi connectivity index (χ1) is 9.65. The summed E-state index contributed by atoms with van der Waals surface area (Å²) in [5.41, 5.74) is 7.17. The third-order valence-corrected chi connectivity index (χ3v) is 4.26. The van der Waals surface area contributed by atoms with Gasteiger partial charge in [-0.25, -0.2) is 4.98 Å². The smallest absolute Gasteiger partial charge is 0.267 e. The topological polar surface area (TPSA) is 80.9 Å². The van der Waals surface area contributed by atoms with Crippen molar-refractivity contribution in [3.05, 3.63) is 46.1 Å². The van der Waals surface area contributed by atoms with Crippen molar-refractivity contribution < 1.29 is 4.79 Å². The van der Waals surface area contributed by atoms with Crippen LogP contribution < -0.4 is 11.1 Å². The Labute approximate surface area is 127 Å². The molecule has 0 spiro atoms. The van der Waals surface area contributed by atoms with Crippen LogP contribution in [0.5, 0.6) is 0 Å². The van der Waals surface area contributed by atoms with Gasteiger partial charge in [0.25, 0.3) is 5.91 Å². The maximum Gasteiger partial charge on any atom is 0.267 e. The first-order valence-corrected chi connectivity index (χ1v) is 7.31. The first-order valence-electron chi connectivity index (χ1n) is 5.70. The number of hydrogen-bond acceptors (Lipinski definition) is 5. The molecule has 3 aromatic heterocycles. The number of thiophene rings is 1. The van der Waals surface area contributed by atoms with Crippen molar-refractivity contribution in [3.63, 3.8) is 0 Å². The minimum Gasteiger partial charge on any atom is -0.397 e. The molecule has 0 aliphatic heterocycles. The Balaban J connectivity index is 1.98. The molecule has 0 unspecified atom stereocenters. The fraction of sp³-hybridized carbons (Fsp3) is 0. The summed E-state index contributed by atoms with van der Waals surface area (Å²) in [6.07, 6.45) is 4.91. The number of nitrogens with zero attached hydrogens (tertiary/aromatic N) is 2. The van der Waals surface area contributed by atoms with Gasteiger partial charge in [0.05, 0.1) is 5.69 Å². The lowest BCUT2D eigenvalue weighted by molar-refractivity contribution is 0.103. The van der Waals surface area contributed by atoms with Crippen LogP contribution in [-0.4, -0.2) is 15.9 Å². The molecule has 0 atom stereocenters. The zero-order valence-corrected chi connectivity index (χ0v) is 12.5. The van der Waals surface area contributed by atoms with Gasteiger partial charge < -0.3 is 11.1 Å². The summed E-state index contributed by atoms with van der Waals surface area (Å²) in [6.45, 7) is 0. The number of aromatic nitrogens is 2. The molecule has 7 heteroatoms. The van der Waals surface area contributed by atoms with Crippen molar-refractivity contribution in [1.29, 1.82) is 0 Å². The standard InChI is InChI=1S/C13H9BrN4OS/c14-7-5-9-10(15)11(20-13(9)17-6-7)12(19)18-8-1-3-16-4-2-8/h1-6H,15H2,(H,16,18,19). The highest BCUT2D eigenvalue weighted by molar-refractivity contribution is 9.10. The van der Waals surface area contributed by atoms with E-state index in [1.165, 1.54) is 11.3 Å². The SMILES string of the molecule is Nc1c(C(=O)Nc2ccncc2)sc2ncc(Br)cc12. The number of amides is 1. The van der Waals surface area contributed by atoms with Gasteiger partial charge in [0.2, 0.25) is 0 Å². The number of halogens is 1. The summed E-state index contributed by atoms with van der Waals surface area (Å²) in [5.74, 6) is -0.243. The van der Waals surface area contributed by atoms with Crippen LogP contribution in [0.1, 0.15) is 9.67 Å². The molecule has 0 radical (unpaired) electrons. The van der Waals surface area contributed by atoms with Crippen LogP contribution in [0.15, 0.2) is 41.3 Å². The van der Waals surface area contributed by atoms with Gasteiger partial charge in [0.15, 0.2) is 0 Å². The molecule has 0 aliphatic carbocycles. The molecule has 0 bridgehead atoms. The zero-order valence-electron chi connectivity index (χ0n) is 10.1. The molecular weight excluding hydrogens is 340 g/mol. The number of pyridine rings is 2. The molecule has 0 saturated heterocycles. The van der Waals surface area contributed by atoms with Gasteiger partial charge >= 0.3 is 0 Å². The molecule has 0 aliphatic rings. The number of hydrogen-bond donors (Lipinski definition) is 2. The molecule has 3 N–H and O–H groups in total. The average molecular weight is 349 g/mol. The predicted octanol–water partition coefficient (Wildman–Crippen LogP) is 3.29. The minimum absolute atomic E-state index is 0.243. The van der Waals surface area contributed by atoms with Crippen molar-refractivity contribution in [2.45, 2.75) is 0 Å². The normalized spacial score (nSPS) is 10.7. The van der Waals surface area contributed by atoms with E-state index in [2.05, 4.69) is 31.2 Å². The second-order valence-corrected chi connectivity index (χ2v) is 5.96. The number of carbonyl (C=O) groups excluding carboxylic acids is 1. The number of nitrogens with one attached hydrogen (secondary N) is 1. The lowest BCUT2D eigenvalue weighted by Gasteiger charge is -2.03. The van der Waals surface area contributed by atoms with E-state index in [-0.39, 0.29) is 5.91 Å². The maximum atomic E-state index is 12.2. The fourth-order valence-electron chi connectivity index (χ4n) is 1.77. The van der Waals surface area contributed by atoms with Crippen LogP contribution in [-0.2, 0) is 0 Å². The number of nitrogen functional groups attached to an aromatic ring is 1. The molecular formula is C13H9BrN4OS. The molecule has 0 aromatic carbocycles. The summed E-state index contributed by atoms with van der Waals surface area (Å²) in [5, 5.41) is 3.57. The molecule has 0 fully saturated rings. The van der Waals surface area contributed by atoms with Gasteiger partial charge in [0, 0.05) is 34.1 Å². The number of rotatable bonds is 2. The van der Waals surface area contributed by atoms with Crippen LogP contribution >= 0.6 is 27.3 Å². The number of carbonyl (C=O) groups is 1. The summed E-state index contributed by atoms with van der Waals surface area (Å²) in [7, 11) is 0. The molecule has 0 saturated carbocycles. The first kappa shape index (κ1) is 13.0. The fourth-order valence-corrected chi connectivity index (χ4v) is 3.04. The monoisotopic (exact) mass is 348 g/mol. The summed E-state index contributed by atoms with van der Waals surface area (Å²) in [4.78, 5) is 21.6. The van der Waals surface area contributed by atoms with E-state index in [0.717, 1.165) is 14.7 Å². The third kappa shape index (κ3) is 2.37. The Bertz CT molecular complexity index is 788. The minimum atomic E-state index is -0.243. The lowest BCUT2D eigenvalue weighted by atomic mass is 10.2. The quantitative estimate of drug-likeness (QED) is 0.744. The van der Waals surface area contributed by atoms with E-state index < -0.39 is 0 Å². The highest BCUT2D eigenvalue weighted by Crippen LogP contribution is 2.34. The van der Waals surface area contributed by atoms with E-state index in [1.807, 2.05) is 6.07 Å².